The van der Waals surface area contributed by atoms with Crippen LogP contribution < -0.4 is 16.6 Å². The van der Waals surface area contributed by atoms with Crippen molar-refractivity contribution in [2.75, 3.05) is 37.4 Å². The lowest BCUT2D eigenvalue weighted by molar-refractivity contribution is 0.0342. The maximum Gasteiger partial charge on any atom is 0.284 e. The zero-order chi connectivity index (χ0) is 30.8. The lowest BCUT2D eigenvalue weighted by Gasteiger charge is -2.26. The van der Waals surface area contributed by atoms with E-state index in [4.69, 9.17) is 27.1 Å². The minimum atomic E-state index is -0.505. The van der Waals surface area contributed by atoms with Gasteiger partial charge in [-0.3, -0.25) is 19.2 Å². The Balaban J connectivity index is 1.21. The van der Waals surface area contributed by atoms with Gasteiger partial charge < -0.3 is 15.8 Å². The number of amides is 1. The standard InChI is InChI=1S/C33H32ClN7O3/c1-21-29(33(43)41(39(21)2)27-8-4-7-25(34)18-27)32(42)37-26-11-9-23(10-12-26)30-31(35)36-19-28(38-30)24-6-3-5-22(17-24)20-40-13-15-44-16-14-40/h3-12,17-19H,13-16,20H2,1-2H3,(H2,35,36)(H,37,42). The van der Waals surface area contributed by atoms with Crippen molar-refractivity contribution in [3.8, 4) is 28.2 Å². The van der Waals surface area contributed by atoms with Gasteiger partial charge in [-0.25, -0.2) is 14.6 Å². The number of benzene rings is 3. The summed E-state index contributed by atoms with van der Waals surface area (Å²) in [4.78, 5) is 38.2. The molecule has 0 spiro atoms. The van der Waals surface area contributed by atoms with Crippen molar-refractivity contribution in [2.24, 2.45) is 7.05 Å². The number of carbonyl (C=O) groups is 1. The fourth-order valence-corrected chi connectivity index (χ4v) is 5.55. The number of morpholine rings is 1. The van der Waals surface area contributed by atoms with Gasteiger partial charge in [-0.1, -0.05) is 48.0 Å². The first-order valence-corrected chi connectivity index (χ1v) is 14.6. The van der Waals surface area contributed by atoms with Gasteiger partial charge in [0.25, 0.3) is 11.5 Å². The number of carbonyl (C=O) groups excluding carboxylic acids is 1. The molecule has 0 saturated carbocycles. The molecule has 3 aromatic carbocycles. The van der Waals surface area contributed by atoms with E-state index in [0.717, 1.165) is 44.0 Å². The molecule has 3 heterocycles. The van der Waals surface area contributed by atoms with Crippen LogP contribution in [0.3, 0.4) is 0 Å². The van der Waals surface area contributed by atoms with E-state index >= 15 is 0 Å². The number of hydrogen-bond donors (Lipinski definition) is 2. The van der Waals surface area contributed by atoms with Crippen LogP contribution in [-0.4, -0.2) is 56.4 Å². The van der Waals surface area contributed by atoms with Crippen LogP contribution in [0, 0.1) is 6.92 Å². The molecule has 3 N–H and O–H groups in total. The van der Waals surface area contributed by atoms with Gasteiger partial charge in [0, 0.05) is 48.5 Å². The Morgan fingerprint density at radius 1 is 1.02 bits per heavy atom. The number of hydrogen-bond acceptors (Lipinski definition) is 7. The molecule has 5 aromatic rings. The molecule has 0 atom stereocenters. The highest BCUT2D eigenvalue weighted by atomic mass is 35.5. The second-order valence-corrected chi connectivity index (χ2v) is 11.1. The van der Waals surface area contributed by atoms with E-state index in [0.29, 0.717) is 39.3 Å². The molecule has 44 heavy (non-hydrogen) atoms. The Kier molecular flexibility index (Phi) is 8.30. The number of nitrogens with two attached hydrogens (primary N) is 1. The minimum Gasteiger partial charge on any atom is -0.382 e. The van der Waals surface area contributed by atoms with Crippen LogP contribution in [-0.2, 0) is 18.3 Å². The Hall–Kier alpha value is -4.77. The van der Waals surface area contributed by atoms with Gasteiger partial charge >= 0.3 is 0 Å². The molecule has 1 aliphatic heterocycles. The first-order valence-electron chi connectivity index (χ1n) is 14.3. The van der Waals surface area contributed by atoms with Crippen LogP contribution in [0.1, 0.15) is 21.6 Å². The van der Waals surface area contributed by atoms with Crippen molar-refractivity contribution in [3.63, 3.8) is 0 Å². The predicted octanol–water partition coefficient (Wildman–Crippen LogP) is 4.93. The van der Waals surface area contributed by atoms with Crippen molar-refractivity contribution in [1.82, 2.24) is 24.2 Å². The highest BCUT2D eigenvalue weighted by molar-refractivity contribution is 6.30. The van der Waals surface area contributed by atoms with Gasteiger partial charge in [0.1, 0.15) is 17.1 Å². The summed E-state index contributed by atoms with van der Waals surface area (Å²) in [6, 6.07) is 22.3. The second-order valence-electron chi connectivity index (χ2n) is 10.7. The molecule has 11 heteroatoms. The van der Waals surface area contributed by atoms with E-state index in [-0.39, 0.29) is 5.56 Å². The average molecular weight is 610 g/mol. The molecule has 0 bridgehead atoms. The predicted molar refractivity (Wildman–Crippen MR) is 172 cm³/mol. The van der Waals surface area contributed by atoms with Gasteiger partial charge in [0.15, 0.2) is 0 Å². The van der Waals surface area contributed by atoms with Crippen molar-refractivity contribution in [3.05, 3.63) is 111 Å². The summed E-state index contributed by atoms with van der Waals surface area (Å²) in [7, 11) is 1.73. The van der Waals surface area contributed by atoms with E-state index in [9.17, 15) is 9.59 Å². The lowest BCUT2D eigenvalue weighted by atomic mass is 10.1. The molecular formula is C33H32ClN7O3. The fourth-order valence-electron chi connectivity index (χ4n) is 5.37. The molecule has 0 unspecified atom stereocenters. The van der Waals surface area contributed by atoms with E-state index in [2.05, 4.69) is 27.3 Å². The first-order chi connectivity index (χ1) is 21.3. The molecule has 224 valence electrons. The van der Waals surface area contributed by atoms with Crippen molar-refractivity contribution >= 4 is 29.0 Å². The molecular weight excluding hydrogens is 578 g/mol. The topological polar surface area (TPSA) is 120 Å². The summed E-state index contributed by atoms with van der Waals surface area (Å²) in [6.07, 6.45) is 1.68. The molecule has 0 aliphatic carbocycles. The Morgan fingerprint density at radius 2 is 1.77 bits per heavy atom. The number of nitrogen functional groups attached to an aromatic ring is 1. The molecule has 10 nitrogen and oxygen atoms in total. The van der Waals surface area contributed by atoms with Crippen LogP contribution in [0.2, 0.25) is 5.02 Å². The summed E-state index contributed by atoms with van der Waals surface area (Å²) < 4.78 is 8.53. The Labute approximate surface area is 259 Å². The van der Waals surface area contributed by atoms with E-state index in [1.807, 2.05) is 24.3 Å². The summed E-state index contributed by atoms with van der Waals surface area (Å²) >= 11 is 6.14. The number of ether oxygens (including phenoxy) is 1. The van der Waals surface area contributed by atoms with Gasteiger partial charge in [-0.2, -0.15) is 0 Å². The Bertz CT molecular complexity index is 1890. The first kappa shape index (κ1) is 29.3. The maximum atomic E-state index is 13.3. The number of nitrogens with zero attached hydrogens (tertiary/aromatic N) is 5. The van der Waals surface area contributed by atoms with Crippen LogP contribution in [0.25, 0.3) is 28.2 Å². The fraction of sp³-hybridized carbons (Fsp3) is 0.212. The third-order valence-corrected chi connectivity index (χ3v) is 8.02. The second kappa shape index (κ2) is 12.5. The summed E-state index contributed by atoms with van der Waals surface area (Å²) in [5.74, 6) is -0.202. The Morgan fingerprint density at radius 3 is 2.52 bits per heavy atom. The molecule has 0 radical (unpaired) electrons. The quantitative estimate of drug-likeness (QED) is 0.268. The zero-order valence-corrected chi connectivity index (χ0v) is 25.2. The van der Waals surface area contributed by atoms with Gasteiger partial charge in [0.2, 0.25) is 0 Å². The van der Waals surface area contributed by atoms with Gasteiger partial charge in [-0.05, 0) is 48.9 Å². The molecule has 2 aromatic heterocycles. The minimum absolute atomic E-state index is 0.0511. The molecule has 1 aliphatic rings. The SMILES string of the molecule is Cc1c(C(=O)Nc2ccc(-c3nc(-c4cccc(CN5CCOCC5)c4)cnc3N)cc2)c(=O)n(-c2cccc(Cl)c2)n1C. The largest absolute Gasteiger partial charge is 0.382 e. The number of aromatic nitrogens is 4. The lowest BCUT2D eigenvalue weighted by Crippen LogP contribution is -2.35. The van der Waals surface area contributed by atoms with Crippen LogP contribution in [0.4, 0.5) is 11.5 Å². The smallest absolute Gasteiger partial charge is 0.284 e. The number of anilines is 2. The third-order valence-electron chi connectivity index (χ3n) is 7.78. The van der Waals surface area contributed by atoms with E-state index in [1.165, 1.54) is 10.2 Å². The summed E-state index contributed by atoms with van der Waals surface area (Å²) in [5, 5.41) is 3.34. The molecule has 1 saturated heterocycles. The summed E-state index contributed by atoms with van der Waals surface area (Å²) in [5.41, 5.74) is 11.6. The highest BCUT2D eigenvalue weighted by Gasteiger charge is 2.22. The number of rotatable bonds is 7. The molecule has 6 rings (SSSR count). The van der Waals surface area contributed by atoms with Gasteiger partial charge in [-0.15, -0.1) is 0 Å². The van der Waals surface area contributed by atoms with Crippen molar-refractivity contribution in [2.45, 2.75) is 13.5 Å². The number of nitrogens with one attached hydrogen (secondary N) is 1. The van der Waals surface area contributed by atoms with Crippen LogP contribution in [0.5, 0.6) is 0 Å². The maximum absolute atomic E-state index is 13.3. The average Bonchev–Trinajstić information content (AvgIpc) is 3.25. The molecule has 1 amide bonds. The van der Waals surface area contributed by atoms with E-state index in [1.54, 1.807) is 61.2 Å². The summed E-state index contributed by atoms with van der Waals surface area (Å²) in [6.45, 7) is 5.91. The normalized spacial score (nSPS) is 13.6. The van der Waals surface area contributed by atoms with Crippen LogP contribution >= 0.6 is 11.6 Å². The molecule has 1 fully saturated rings. The van der Waals surface area contributed by atoms with E-state index < -0.39 is 11.5 Å². The monoisotopic (exact) mass is 609 g/mol. The van der Waals surface area contributed by atoms with Crippen molar-refractivity contribution < 1.29 is 9.53 Å². The zero-order valence-electron chi connectivity index (χ0n) is 24.5. The van der Waals surface area contributed by atoms with Crippen molar-refractivity contribution in [1.29, 1.82) is 0 Å². The van der Waals surface area contributed by atoms with Gasteiger partial charge in [0.05, 0.1) is 36.5 Å². The highest BCUT2D eigenvalue weighted by Crippen LogP contribution is 2.28. The van der Waals surface area contributed by atoms with Crippen LogP contribution in [0.15, 0.2) is 83.8 Å². The number of halogens is 1. The third kappa shape index (κ3) is 6.00.